The maximum Gasteiger partial charge on any atom is 0.308 e. The maximum atomic E-state index is 13.0. The molecule has 0 aromatic heterocycles. The predicted octanol–water partition coefficient (Wildman–Crippen LogP) is 4.69. The summed E-state index contributed by atoms with van der Waals surface area (Å²) in [5.41, 5.74) is 2.57. The molecule has 2 N–H and O–H groups in total. The number of nitrogens with one attached hydrogen (secondary N) is 2. The average Bonchev–Trinajstić information content (AvgIpc) is 2.88. The summed E-state index contributed by atoms with van der Waals surface area (Å²) in [7, 11) is -2.55. The van der Waals surface area contributed by atoms with Crippen LogP contribution >= 0.6 is 0 Å². The highest BCUT2D eigenvalue weighted by Crippen LogP contribution is 2.31. The lowest BCUT2D eigenvalue weighted by Crippen LogP contribution is -2.35. The first kappa shape index (κ1) is 30.8. The van der Waals surface area contributed by atoms with Gasteiger partial charge in [0.25, 0.3) is 10.0 Å². The standard InChI is InChI=1S/C28H38N2O7S/c1-8-37-28(33)21(6)24(20(5)27(32)36-7)16-19(4)26(31)29-22-12-14-23(15-13-22)38(34,35)30-25-17(2)10-9-11-18(25)3/h9-15,19-21,24,30H,8,16H2,1-7H3,(H,29,31). The van der Waals surface area contributed by atoms with Crippen LogP contribution in [0.5, 0.6) is 0 Å². The minimum atomic E-state index is -3.83. The molecule has 9 nitrogen and oxygen atoms in total. The number of carbonyl (C=O) groups is 3. The van der Waals surface area contributed by atoms with Crippen molar-refractivity contribution in [1.29, 1.82) is 0 Å². The number of esters is 2. The van der Waals surface area contributed by atoms with E-state index in [2.05, 4.69) is 10.0 Å². The number of hydrogen-bond donors (Lipinski definition) is 2. The highest BCUT2D eigenvalue weighted by molar-refractivity contribution is 7.92. The van der Waals surface area contributed by atoms with Crippen molar-refractivity contribution in [2.24, 2.45) is 23.7 Å². The van der Waals surface area contributed by atoms with Crippen molar-refractivity contribution in [3.8, 4) is 0 Å². The van der Waals surface area contributed by atoms with Crippen molar-refractivity contribution in [3.63, 3.8) is 0 Å². The van der Waals surface area contributed by atoms with E-state index >= 15 is 0 Å². The summed E-state index contributed by atoms with van der Waals surface area (Å²) in [5.74, 6) is -3.51. The number of hydrogen-bond acceptors (Lipinski definition) is 7. The molecular formula is C28H38N2O7S. The Bertz CT molecular complexity index is 1220. The number of para-hydroxylation sites is 1. The molecule has 4 unspecified atom stereocenters. The van der Waals surface area contributed by atoms with Gasteiger partial charge in [-0.3, -0.25) is 19.1 Å². The Morgan fingerprint density at radius 3 is 1.97 bits per heavy atom. The molecule has 0 radical (unpaired) electrons. The number of methoxy groups -OCH3 is 1. The van der Waals surface area contributed by atoms with E-state index in [4.69, 9.17) is 9.47 Å². The molecule has 208 valence electrons. The van der Waals surface area contributed by atoms with Crippen LogP contribution in [0.15, 0.2) is 47.4 Å². The number of aryl methyl sites for hydroxylation is 2. The van der Waals surface area contributed by atoms with E-state index in [1.165, 1.54) is 31.4 Å². The van der Waals surface area contributed by atoms with Crippen LogP contribution in [0.25, 0.3) is 0 Å². The second-order valence-corrected chi connectivity index (χ2v) is 11.2. The van der Waals surface area contributed by atoms with Gasteiger partial charge in [-0.25, -0.2) is 8.42 Å². The first-order valence-electron chi connectivity index (χ1n) is 12.6. The Kier molecular flexibility index (Phi) is 10.9. The van der Waals surface area contributed by atoms with E-state index in [9.17, 15) is 22.8 Å². The zero-order valence-electron chi connectivity index (χ0n) is 23.0. The van der Waals surface area contributed by atoms with Crippen LogP contribution in [0.2, 0.25) is 0 Å². The third-order valence-corrected chi connectivity index (χ3v) is 8.10. The smallest absolute Gasteiger partial charge is 0.308 e. The number of sulfonamides is 1. The second kappa shape index (κ2) is 13.4. The SMILES string of the molecule is CCOC(=O)C(C)C(CC(C)C(=O)Nc1ccc(S(=O)(=O)Nc2c(C)cccc2C)cc1)C(C)C(=O)OC. The fourth-order valence-electron chi connectivity index (χ4n) is 4.32. The van der Waals surface area contributed by atoms with Crippen LogP contribution in [-0.2, 0) is 33.9 Å². The van der Waals surface area contributed by atoms with E-state index in [0.29, 0.717) is 11.4 Å². The topological polar surface area (TPSA) is 128 Å². The third kappa shape index (κ3) is 7.80. The summed E-state index contributed by atoms with van der Waals surface area (Å²) in [5, 5.41) is 2.78. The highest BCUT2D eigenvalue weighted by Gasteiger charge is 2.36. The molecule has 38 heavy (non-hydrogen) atoms. The molecule has 0 fully saturated rings. The lowest BCUT2D eigenvalue weighted by atomic mass is 9.77. The highest BCUT2D eigenvalue weighted by atomic mass is 32.2. The first-order valence-corrected chi connectivity index (χ1v) is 14.0. The molecule has 0 aliphatic rings. The van der Waals surface area contributed by atoms with Gasteiger partial charge in [-0.05, 0) is 68.5 Å². The Balaban J connectivity index is 2.13. The number of anilines is 2. The molecule has 1 amide bonds. The summed E-state index contributed by atoms with van der Waals surface area (Å²) in [6.45, 7) is 10.6. The zero-order valence-corrected chi connectivity index (χ0v) is 23.8. The van der Waals surface area contributed by atoms with E-state index in [0.717, 1.165) is 11.1 Å². The summed E-state index contributed by atoms with van der Waals surface area (Å²) < 4.78 is 38.4. The molecule has 0 heterocycles. The Labute approximate surface area is 225 Å². The molecule has 0 bridgehead atoms. The number of ether oxygens (including phenoxy) is 2. The maximum absolute atomic E-state index is 13.0. The summed E-state index contributed by atoms with van der Waals surface area (Å²) >= 11 is 0. The van der Waals surface area contributed by atoms with E-state index in [-0.39, 0.29) is 23.8 Å². The van der Waals surface area contributed by atoms with Gasteiger partial charge in [0.2, 0.25) is 5.91 Å². The van der Waals surface area contributed by atoms with E-state index < -0.39 is 45.6 Å². The Morgan fingerprint density at radius 1 is 0.895 bits per heavy atom. The van der Waals surface area contributed by atoms with Crippen LogP contribution < -0.4 is 10.0 Å². The minimum absolute atomic E-state index is 0.0569. The zero-order chi connectivity index (χ0) is 28.6. The molecule has 2 aromatic carbocycles. The van der Waals surface area contributed by atoms with Gasteiger partial charge in [0.1, 0.15) is 0 Å². The summed E-state index contributed by atoms with van der Waals surface area (Å²) in [6.07, 6.45) is 0.244. The number of rotatable bonds is 12. The van der Waals surface area contributed by atoms with Gasteiger partial charge in [0, 0.05) is 11.6 Å². The quantitative estimate of drug-likeness (QED) is 0.370. The van der Waals surface area contributed by atoms with E-state index in [1.54, 1.807) is 27.7 Å². The van der Waals surface area contributed by atoms with Gasteiger partial charge >= 0.3 is 11.9 Å². The van der Waals surface area contributed by atoms with Gasteiger partial charge in [0.15, 0.2) is 0 Å². The van der Waals surface area contributed by atoms with Crippen LogP contribution in [0.1, 0.15) is 45.2 Å². The van der Waals surface area contributed by atoms with Crippen LogP contribution in [0, 0.1) is 37.5 Å². The molecule has 0 spiro atoms. The number of benzene rings is 2. The van der Waals surface area contributed by atoms with Crippen molar-refractivity contribution in [2.45, 2.75) is 52.9 Å². The van der Waals surface area contributed by atoms with Crippen LogP contribution in [0.4, 0.5) is 11.4 Å². The Hall–Kier alpha value is -3.40. The van der Waals surface area contributed by atoms with Gasteiger partial charge < -0.3 is 14.8 Å². The molecule has 0 saturated carbocycles. The van der Waals surface area contributed by atoms with Crippen molar-refractivity contribution < 1.29 is 32.3 Å². The molecule has 10 heteroatoms. The fraction of sp³-hybridized carbons (Fsp3) is 0.464. The summed E-state index contributed by atoms with van der Waals surface area (Å²) in [4.78, 5) is 37.6. The fourth-order valence-corrected chi connectivity index (χ4v) is 5.52. The van der Waals surface area contributed by atoms with E-state index in [1.807, 2.05) is 32.0 Å². The van der Waals surface area contributed by atoms with Crippen molar-refractivity contribution in [1.82, 2.24) is 0 Å². The molecule has 0 aliphatic heterocycles. The van der Waals surface area contributed by atoms with Crippen LogP contribution in [0.3, 0.4) is 0 Å². The average molecular weight is 547 g/mol. The minimum Gasteiger partial charge on any atom is -0.469 e. The largest absolute Gasteiger partial charge is 0.469 e. The number of carbonyl (C=O) groups excluding carboxylic acids is 3. The van der Waals surface area contributed by atoms with Crippen molar-refractivity contribution in [3.05, 3.63) is 53.6 Å². The molecular weight excluding hydrogens is 508 g/mol. The molecule has 0 saturated heterocycles. The van der Waals surface area contributed by atoms with Gasteiger partial charge in [-0.1, -0.05) is 39.0 Å². The third-order valence-electron chi connectivity index (χ3n) is 6.74. The molecule has 4 atom stereocenters. The first-order chi connectivity index (χ1) is 17.8. The Morgan fingerprint density at radius 2 is 1.45 bits per heavy atom. The van der Waals surface area contributed by atoms with Gasteiger partial charge in [-0.2, -0.15) is 0 Å². The molecule has 0 aliphatic carbocycles. The predicted molar refractivity (Wildman–Crippen MR) is 146 cm³/mol. The molecule has 2 aromatic rings. The number of amides is 1. The summed E-state index contributed by atoms with van der Waals surface area (Å²) in [6, 6.07) is 11.4. The lowest BCUT2D eigenvalue weighted by Gasteiger charge is -2.29. The molecule has 2 rings (SSSR count). The van der Waals surface area contributed by atoms with Gasteiger partial charge in [0.05, 0.1) is 36.1 Å². The van der Waals surface area contributed by atoms with Crippen molar-refractivity contribution >= 4 is 39.2 Å². The van der Waals surface area contributed by atoms with Crippen LogP contribution in [-0.4, -0.2) is 40.0 Å². The van der Waals surface area contributed by atoms with Crippen molar-refractivity contribution in [2.75, 3.05) is 23.8 Å². The normalized spacial score (nSPS) is 14.5. The second-order valence-electron chi connectivity index (χ2n) is 9.54. The lowest BCUT2D eigenvalue weighted by molar-refractivity contribution is -0.154. The monoisotopic (exact) mass is 546 g/mol. The van der Waals surface area contributed by atoms with Gasteiger partial charge in [-0.15, -0.1) is 0 Å².